The number of hydrogen-bond acceptors (Lipinski definition) is 3. The van der Waals surface area contributed by atoms with E-state index in [0.29, 0.717) is 12.0 Å². The molecule has 0 unspecified atom stereocenters. The second-order valence-corrected chi connectivity index (χ2v) is 5.92. The van der Waals surface area contributed by atoms with Crippen LogP contribution in [-0.4, -0.2) is 25.8 Å². The molecule has 0 aliphatic rings. The maximum atomic E-state index is 13.9. The summed E-state index contributed by atoms with van der Waals surface area (Å²) in [6.45, 7) is 2.16. The van der Waals surface area contributed by atoms with Crippen molar-refractivity contribution in [2.75, 3.05) is 13.1 Å². The zero-order valence-electron chi connectivity index (χ0n) is 10.8. The second-order valence-electron chi connectivity index (χ2n) is 4.01. The molecule has 0 spiro atoms. The largest absolute Gasteiger partial charge is 0.326 e. The molecule has 4 nitrogen and oxygen atoms in total. The first kappa shape index (κ1) is 15.6. The summed E-state index contributed by atoms with van der Waals surface area (Å²) in [6, 6.07) is 3.86. The van der Waals surface area contributed by atoms with Crippen molar-refractivity contribution in [2.24, 2.45) is 5.73 Å². The van der Waals surface area contributed by atoms with Crippen molar-refractivity contribution in [3.05, 3.63) is 29.6 Å². The molecule has 0 saturated carbocycles. The van der Waals surface area contributed by atoms with Crippen LogP contribution in [0, 0.1) is 18.2 Å². The van der Waals surface area contributed by atoms with Crippen LogP contribution >= 0.6 is 0 Å². The highest BCUT2D eigenvalue weighted by Gasteiger charge is 2.26. The van der Waals surface area contributed by atoms with Gasteiger partial charge in [-0.2, -0.15) is 4.31 Å². The molecule has 0 bridgehead atoms. The Morgan fingerprint density at radius 1 is 1.47 bits per heavy atom. The van der Waals surface area contributed by atoms with Crippen LogP contribution in [0.1, 0.15) is 18.9 Å². The van der Waals surface area contributed by atoms with Gasteiger partial charge in [-0.05, 0) is 24.1 Å². The minimum absolute atomic E-state index is 0.0751. The predicted molar refractivity (Wildman–Crippen MR) is 72.2 cm³/mol. The molecule has 0 radical (unpaired) electrons. The average molecular weight is 284 g/mol. The second kappa shape index (κ2) is 6.66. The van der Waals surface area contributed by atoms with Gasteiger partial charge in [-0.25, -0.2) is 12.8 Å². The number of halogens is 1. The number of nitrogens with two attached hydrogens (primary N) is 1. The van der Waals surface area contributed by atoms with E-state index >= 15 is 0 Å². The van der Waals surface area contributed by atoms with Gasteiger partial charge in [0.2, 0.25) is 10.0 Å². The molecule has 0 heterocycles. The third-order valence-corrected chi connectivity index (χ3v) is 4.47. The SMILES string of the molecule is C#CCN(CCC)S(=O)(=O)c1ccc(CN)cc1F. The number of terminal acetylenes is 1. The Kier molecular flexibility index (Phi) is 5.48. The Morgan fingerprint density at radius 3 is 2.63 bits per heavy atom. The topological polar surface area (TPSA) is 63.4 Å². The number of rotatable bonds is 6. The van der Waals surface area contributed by atoms with E-state index in [0.717, 1.165) is 10.4 Å². The van der Waals surface area contributed by atoms with Crippen LogP contribution in [0.3, 0.4) is 0 Å². The molecule has 2 N–H and O–H groups in total. The number of nitrogens with zero attached hydrogens (tertiary/aromatic N) is 1. The number of hydrogen-bond donors (Lipinski definition) is 1. The molecular weight excluding hydrogens is 267 g/mol. The maximum Gasteiger partial charge on any atom is 0.246 e. The van der Waals surface area contributed by atoms with E-state index in [2.05, 4.69) is 5.92 Å². The van der Waals surface area contributed by atoms with Crippen molar-refractivity contribution in [3.8, 4) is 12.3 Å². The van der Waals surface area contributed by atoms with Crippen molar-refractivity contribution in [1.29, 1.82) is 0 Å². The summed E-state index contributed by atoms with van der Waals surface area (Å²) in [5, 5.41) is 0. The summed E-state index contributed by atoms with van der Waals surface area (Å²) in [5.74, 6) is 1.47. The Balaban J connectivity index is 3.22. The molecule has 0 fully saturated rings. The van der Waals surface area contributed by atoms with Crippen LogP contribution in [0.2, 0.25) is 0 Å². The van der Waals surface area contributed by atoms with E-state index in [1.54, 1.807) is 0 Å². The van der Waals surface area contributed by atoms with Crippen molar-refractivity contribution < 1.29 is 12.8 Å². The molecule has 19 heavy (non-hydrogen) atoms. The fourth-order valence-electron chi connectivity index (χ4n) is 1.66. The minimum Gasteiger partial charge on any atom is -0.326 e. The monoisotopic (exact) mass is 284 g/mol. The predicted octanol–water partition coefficient (Wildman–Crippen LogP) is 1.32. The van der Waals surface area contributed by atoms with Crippen LogP contribution in [0.5, 0.6) is 0 Å². The first-order chi connectivity index (χ1) is 8.97. The Hall–Kier alpha value is -1.42. The van der Waals surface area contributed by atoms with Crippen LogP contribution in [0.15, 0.2) is 23.1 Å². The van der Waals surface area contributed by atoms with E-state index in [-0.39, 0.29) is 24.5 Å². The summed E-state index contributed by atoms with van der Waals surface area (Å²) in [7, 11) is -3.91. The molecule has 1 aromatic carbocycles. The van der Waals surface area contributed by atoms with Crippen LogP contribution < -0.4 is 5.73 Å². The minimum atomic E-state index is -3.91. The van der Waals surface area contributed by atoms with Gasteiger partial charge in [-0.3, -0.25) is 0 Å². The summed E-state index contributed by atoms with van der Waals surface area (Å²) >= 11 is 0. The lowest BCUT2D eigenvalue weighted by atomic mass is 10.2. The van der Waals surface area contributed by atoms with E-state index in [1.807, 2.05) is 6.92 Å². The summed E-state index contributed by atoms with van der Waals surface area (Å²) in [6.07, 6.45) is 5.75. The summed E-state index contributed by atoms with van der Waals surface area (Å²) in [5.41, 5.74) is 5.92. The van der Waals surface area contributed by atoms with Gasteiger partial charge in [0.15, 0.2) is 0 Å². The Bertz CT molecular complexity index is 579. The highest BCUT2D eigenvalue weighted by atomic mass is 32.2. The van der Waals surface area contributed by atoms with Gasteiger partial charge in [0, 0.05) is 13.1 Å². The Labute approximate surface area is 113 Å². The van der Waals surface area contributed by atoms with Crippen molar-refractivity contribution in [2.45, 2.75) is 24.8 Å². The normalized spacial score (nSPS) is 11.5. The maximum absolute atomic E-state index is 13.9. The van der Waals surface area contributed by atoms with E-state index < -0.39 is 15.8 Å². The first-order valence-corrected chi connectivity index (χ1v) is 7.33. The first-order valence-electron chi connectivity index (χ1n) is 5.89. The lowest BCUT2D eigenvalue weighted by Gasteiger charge is -2.19. The molecule has 1 rings (SSSR count). The quantitative estimate of drug-likeness (QED) is 0.801. The van der Waals surface area contributed by atoms with Gasteiger partial charge < -0.3 is 5.73 Å². The van der Waals surface area contributed by atoms with Crippen LogP contribution in [-0.2, 0) is 16.6 Å². The average Bonchev–Trinajstić information content (AvgIpc) is 2.38. The third kappa shape index (κ3) is 3.53. The number of benzene rings is 1. The highest BCUT2D eigenvalue weighted by molar-refractivity contribution is 7.89. The van der Waals surface area contributed by atoms with Crippen LogP contribution in [0.4, 0.5) is 4.39 Å². The van der Waals surface area contributed by atoms with E-state index in [1.165, 1.54) is 12.1 Å². The third-order valence-electron chi connectivity index (χ3n) is 2.59. The molecule has 0 aliphatic heterocycles. The van der Waals surface area contributed by atoms with Crippen molar-refractivity contribution in [1.82, 2.24) is 4.31 Å². The highest BCUT2D eigenvalue weighted by Crippen LogP contribution is 2.20. The van der Waals surface area contributed by atoms with Crippen LogP contribution in [0.25, 0.3) is 0 Å². The van der Waals surface area contributed by atoms with E-state index in [4.69, 9.17) is 12.2 Å². The van der Waals surface area contributed by atoms with Gasteiger partial charge in [0.25, 0.3) is 0 Å². The number of sulfonamides is 1. The molecule has 6 heteroatoms. The fourth-order valence-corrected chi connectivity index (χ4v) is 3.15. The van der Waals surface area contributed by atoms with Gasteiger partial charge in [-0.15, -0.1) is 6.42 Å². The zero-order valence-corrected chi connectivity index (χ0v) is 11.6. The molecule has 0 atom stereocenters. The smallest absolute Gasteiger partial charge is 0.246 e. The summed E-state index contributed by atoms with van der Waals surface area (Å²) < 4.78 is 39.5. The van der Waals surface area contributed by atoms with Crippen molar-refractivity contribution >= 4 is 10.0 Å². The molecular formula is C13H17FN2O2S. The molecule has 0 aromatic heterocycles. The molecule has 104 valence electrons. The van der Waals surface area contributed by atoms with Gasteiger partial charge in [0.05, 0.1) is 6.54 Å². The molecule has 0 amide bonds. The van der Waals surface area contributed by atoms with Crippen molar-refractivity contribution in [3.63, 3.8) is 0 Å². The van der Waals surface area contributed by atoms with E-state index in [9.17, 15) is 12.8 Å². The van der Waals surface area contributed by atoms with Gasteiger partial charge in [0.1, 0.15) is 10.7 Å². The zero-order chi connectivity index (χ0) is 14.5. The fraction of sp³-hybridized carbons (Fsp3) is 0.385. The Morgan fingerprint density at radius 2 is 2.16 bits per heavy atom. The summed E-state index contributed by atoms with van der Waals surface area (Å²) in [4.78, 5) is -0.367. The molecule has 1 aromatic rings. The lowest BCUT2D eigenvalue weighted by molar-refractivity contribution is 0.440. The standard InChI is InChI=1S/C13H17FN2O2S/c1-3-7-16(8-4-2)19(17,18)13-6-5-11(10-15)9-12(13)14/h1,5-6,9H,4,7-8,10,15H2,2H3. The lowest BCUT2D eigenvalue weighted by Crippen LogP contribution is -2.32. The van der Waals surface area contributed by atoms with Gasteiger partial charge in [-0.1, -0.05) is 18.9 Å². The van der Waals surface area contributed by atoms with Gasteiger partial charge >= 0.3 is 0 Å². The molecule has 0 saturated heterocycles. The molecule has 0 aliphatic carbocycles.